The Morgan fingerprint density at radius 1 is 1.32 bits per heavy atom. The molecule has 3 aromatic rings. The van der Waals surface area contributed by atoms with Crippen molar-refractivity contribution in [1.82, 2.24) is 9.97 Å². The maximum Gasteiger partial charge on any atom is 0.213 e. The second-order valence-electron chi connectivity index (χ2n) is 5.10. The number of thiazole rings is 1. The fourth-order valence-electron chi connectivity index (χ4n) is 2.25. The van der Waals surface area contributed by atoms with Gasteiger partial charge in [-0.25, -0.2) is 9.97 Å². The van der Waals surface area contributed by atoms with E-state index in [0.29, 0.717) is 38.9 Å². The Bertz CT molecular complexity index is 936. The largest absolute Gasteiger partial charge is 0.472 e. The highest BCUT2D eigenvalue weighted by atomic mass is 35.5. The van der Waals surface area contributed by atoms with Gasteiger partial charge in [-0.2, -0.15) is 4.39 Å². The third kappa shape index (κ3) is 4.07. The Hall–Kier alpha value is -2.64. The number of benzene rings is 1. The molecule has 0 aliphatic carbocycles. The third-order valence-corrected chi connectivity index (χ3v) is 4.81. The van der Waals surface area contributed by atoms with Crippen molar-refractivity contribution in [2.75, 3.05) is 0 Å². The van der Waals surface area contributed by atoms with Crippen molar-refractivity contribution < 1.29 is 4.39 Å². The minimum absolute atomic E-state index is 0.143. The zero-order valence-corrected chi connectivity index (χ0v) is 14.4. The van der Waals surface area contributed by atoms with Crippen molar-refractivity contribution in [3.8, 4) is 10.6 Å². The number of nitrogens with zero attached hydrogens (tertiary/aromatic N) is 4. The lowest BCUT2D eigenvalue weighted by Crippen LogP contribution is -2.14. The summed E-state index contributed by atoms with van der Waals surface area (Å²) in [6.07, 6.45) is 2.51. The van der Waals surface area contributed by atoms with E-state index in [1.54, 1.807) is 18.2 Å². The molecule has 3 rings (SSSR count). The minimum atomic E-state index is -0.584. The van der Waals surface area contributed by atoms with Crippen LogP contribution in [0.4, 0.5) is 4.39 Å². The van der Waals surface area contributed by atoms with Crippen molar-refractivity contribution in [1.29, 1.82) is 0 Å². The highest BCUT2D eigenvalue weighted by molar-refractivity contribution is 7.17. The van der Waals surface area contributed by atoms with Crippen LogP contribution in [0.15, 0.2) is 47.6 Å². The molecular weight excluding hydrogens is 361 g/mol. The molecule has 0 saturated carbocycles. The highest BCUT2D eigenvalue weighted by Gasteiger charge is 2.15. The van der Waals surface area contributed by atoms with Crippen molar-refractivity contribution in [3.63, 3.8) is 0 Å². The van der Waals surface area contributed by atoms with Gasteiger partial charge in [-0.05, 0) is 23.8 Å². The van der Waals surface area contributed by atoms with Gasteiger partial charge in [0.1, 0.15) is 5.01 Å². The molecule has 0 aliphatic rings. The number of aliphatic imine (C=N–C) groups is 1. The van der Waals surface area contributed by atoms with Crippen LogP contribution in [0.2, 0.25) is 5.02 Å². The molecule has 0 saturated heterocycles. The van der Waals surface area contributed by atoms with Gasteiger partial charge in [-0.15, -0.1) is 17.7 Å². The number of hydrogen-bond donors (Lipinski definition) is 1. The van der Waals surface area contributed by atoms with Crippen LogP contribution in [-0.4, -0.2) is 22.1 Å². The molecule has 0 amide bonds. The second-order valence-corrected chi connectivity index (χ2v) is 6.53. The van der Waals surface area contributed by atoms with Crippen molar-refractivity contribution in [3.05, 3.63) is 75.1 Å². The van der Waals surface area contributed by atoms with Crippen LogP contribution >= 0.6 is 22.9 Å². The van der Waals surface area contributed by atoms with Gasteiger partial charge in [0.15, 0.2) is 0 Å². The summed E-state index contributed by atoms with van der Waals surface area (Å²) in [6, 6.07) is 10.3. The standard InChI is InChI=1S/C17H12ClFN5S/c18-12-3-1-10(2-4-12)7-13-15(16(21)23-9-20)25-17(24-13)11-5-6-22-14(19)8-11/h1-6,8-9H,7H2,(H2-,20,21,23)/q-1. The van der Waals surface area contributed by atoms with Crippen LogP contribution in [0.5, 0.6) is 0 Å². The van der Waals surface area contributed by atoms with Crippen LogP contribution in [0.3, 0.4) is 0 Å². The van der Waals surface area contributed by atoms with Crippen LogP contribution in [0.1, 0.15) is 16.1 Å². The summed E-state index contributed by atoms with van der Waals surface area (Å²) < 4.78 is 13.4. The van der Waals surface area contributed by atoms with Gasteiger partial charge < -0.3 is 16.1 Å². The molecule has 126 valence electrons. The lowest BCUT2D eigenvalue weighted by molar-refractivity contribution is 0.584. The molecule has 0 unspecified atom stereocenters. The average Bonchev–Trinajstić information content (AvgIpc) is 3.01. The predicted molar refractivity (Wildman–Crippen MR) is 99.7 cm³/mol. The summed E-state index contributed by atoms with van der Waals surface area (Å²) in [5, 5.41) is 10.1. The monoisotopic (exact) mass is 372 g/mol. The number of pyridine rings is 1. The third-order valence-electron chi connectivity index (χ3n) is 3.39. The zero-order chi connectivity index (χ0) is 17.8. The second kappa shape index (κ2) is 7.50. The van der Waals surface area contributed by atoms with E-state index in [2.05, 4.69) is 15.0 Å². The van der Waals surface area contributed by atoms with Crippen molar-refractivity contribution >= 4 is 35.1 Å². The van der Waals surface area contributed by atoms with Gasteiger partial charge in [0.2, 0.25) is 5.95 Å². The van der Waals surface area contributed by atoms with Gasteiger partial charge in [0, 0.05) is 35.1 Å². The lowest BCUT2D eigenvalue weighted by atomic mass is 10.1. The number of aromatic nitrogens is 2. The number of rotatable bonds is 5. The number of amidine groups is 1. The minimum Gasteiger partial charge on any atom is -0.472 e. The van der Waals surface area contributed by atoms with Gasteiger partial charge in [-0.1, -0.05) is 23.7 Å². The molecule has 0 spiro atoms. The van der Waals surface area contributed by atoms with E-state index in [4.69, 9.17) is 22.7 Å². The van der Waals surface area contributed by atoms with Gasteiger partial charge >= 0.3 is 0 Å². The molecule has 2 N–H and O–H groups in total. The maximum atomic E-state index is 13.4. The fraction of sp³-hybridized carbons (Fsp3) is 0.0588. The Balaban J connectivity index is 2.04. The molecule has 25 heavy (non-hydrogen) atoms. The molecule has 0 radical (unpaired) electrons. The van der Waals surface area contributed by atoms with Crippen molar-refractivity contribution in [2.45, 2.75) is 6.42 Å². The van der Waals surface area contributed by atoms with Gasteiger partial charge in [-0.3, -0.25) is 0 Å². The number of halogens is 2. The van der Waals surface area contributed by atoms with Gasteiger partial charge in [0.05, 0.1) is 10.6 Å². The van der Waals surface area contributed by atoms with E-state index in [1.807, 2.05) is 12.1 Å². The van der Waals surface area contributed by atoms with E-state index in [9.17, 15) is 4.39 Å². The average molecular weight is 373 g/mol. The molecule has 0 aliphatic heterocycles. The first-order chi connectivity index (χ1) is 12.1. The first kappa shape index (κ1) is 17.2. The molecule has 1 aromatic carbocycles. The molecule has 0 bridgehead atoms. The first-order valence-corrected chi connectivity index (χ1v) is 8.42. The molecule has 0 atom stereocenters. The molecule has 2 heterocycles. The molecular formula is C17H12ClFN5S-. The Morgan fingerprint density at radius 2 is 2.08 bits per heavy atom. The SMILES string of the molecule is [N-]=CN=C(N)c1sc(-c2ccnc(F)c2)nc1Cc1ccc(Cl)cc1. The summed E-state index contributed by atoms with van der Waals surface area (Å²) in [5.41, 5.74) is 8.20. The number of hydrogen-bond acceptors (Lipinski definition) is 3. The fourth-order valence-corrected chi connectivity index (χ4v) is 3.36. The van der Waals surface area contributed by atoms with E-state index in [0.717, 1.165) is 5.56 Å². The Labute approximate surface area is 152 Å². The summed E-state index contributed by atoms with van der Waals surface area (Å²) in [4.78, 5) is 12.5. The summed E-state index contributed by atoms with van der Waals surface area (Å²) in [5.74, 6) is -0.441. The van der Waals surface area contributed by atoms with Crippen LogP contribution in [0, 0.1) is 5.95 Å². The van der Waals surface area contributed by atoms with E-state index >= 15 is 0 Å². The molecule has 2 aromatic heterocycles. The van der Waals surface area contributed by atoms with E-state index in [1.165, 1.54) is 23.6 Å². The highest BCUT2D eigenvalue weighted by Crippen LogP contribution is 2.29. The van der Waals surface area contributed by atoms with Crippen molar-refractivity contribution in [2.24, 2.45) is 10.7 Å². The van der Waals surface area contributed by atoms with E-state index < -0.39 is 5.95 Å². The van der Waals surface area contributed by atoms with Crippen LogP contribution < -0.4 is 5.73 Å². The summed E-state index contributed by atoms with van der Waals surface area (Å²) in [7, 11) is 0. The zero-order valence-electron chi connectivity index (χ0n) is 12.9. The van der Waals surface area contributed by atoms with Crippen LogP contribution in [-0.2, 0) is 6.42 Å². The Morgan fingerprint density at radius 3 is 2.76 bits per heavy atom. The predicted octanol–water partition coefficient (Wildman–Crippen LogP) is 3.89. The first-order valence-electron chi connectivity index (χ1n) is 7.22. The molecule has 0 fully saturated rings. The normalized spacial score (nSPS) is 11.5. The Kier molecular flexibility index (Phi) is 5.16. The van der Waals surface area contributed by atoms with Gasteiger partial charge in [0.25, 0.3) is 0 Å². The molecule has 5 nitrogen and oxygen atoms in total. The number of nitrogens with two attached hydrogens (primary N) is 1. The summed E-state index contributed by atoms with van der Waals surface area (Å²) >= 11 is 7.18. The van der Waals surface area contributed by atoms with Crippen LogP contribution in [0.25, 0.3) is 16.0 Å². The lowest BCUT2D eigenvalue weighted by Gasteiger charge is -2.05. The smallest absolute Gasteiger partial charge is 0.213 e. The quantitative estimate of drug-likeness (QED) is 0.418. The van der Waals surface area contributed by atoms with E-state index in [-0.39, 0.29) is 5.84 Å². The maximum absolute atomic E-state index is 13.4. The summed E-state index contributed by atoms with van der Waals surface area (Å²) in [6.45, 7) is 0. The molecule has 8 heteroatoms. The topological polar surface area (TPSA) is 86.5 Å².